The van der Waals surface area contributed by atoms with E-state index in [1.54, 1.807) is 6.92 Å². The molecule has 0 aliphatic carbocycles. The fraction of sp³-hybridized carbons (Fsp3) is 0.333. The molecule has 7 nitrogen and oxygen atoms in total. The van der Waals surface area contributed by atoms with Crippen LogP contribution in [-0.2, 0) is 4.79 Å². The lowest BCUT2D eigenvalue weighted by atomic mass is 10.2. The van der Waals surface area contributed by atoms with Gasteiger partial charge in [0.15, 0.2) is 0 Å². The molecule has 0 saturated heterocycles. The first kappa shape index (κ1) is 11.9. The highest BCUT2D eigenvalue weighted by atomic mass is 16.4. The van der Waals surface area contributed by atoms with Gasteiger partial charge in [-0.1, -0.05) is 6.92 Å². The van der Waals surface area contributed by atoms with Crippen LogP contribution in [0.5, 0.6) is 0 Å². The summed E-state index contributed by atoms with van der Waals surface area (Å²) in [5.41, 5.74) is -0.457. The first-order valence-corrected chi connectivity index (χ1v) is 4.63. The van der Waals surface area contributed by atoms with E-state index >= 15 is 0 Å². The summed E-state index contributed by atoms with van der Waals surface area (Å²) in [7, 11) is 0. The topological polar surface area (TPSA) is 112 Å². The van der Waals surface area contributed by atoms with Crippen LogP contribution in [0.2, 0.25) is 0 Å². The van der Waals surface area contributed by atoms with Crippen molar-refractivity contribution < 1.29 is 14.7 Å². The van der Waals surface area contributed by atoms with Gasteiger partial charge in [-0.15, -0.1) is 0 Å². The second kappa shape index (κ2) is 5.06. The van der Waals surface area contributed by atoms with E-state index in [0.717, 1.165) is 12.4 Å². The van der Waals surface area contributed by atoms with Gasteiger partial charge in [-0.3, -0.25) is 9.59 Å². The molecular formula is C9H11N3O4. The Balaban J connectivity index is 2.75. The number of aromatic amines is 1. The van der Waals surface area contributed by atoms with E-state index in [9.17, 15) is 14.4 Å². The third kappa shape index (κ3) is 2.91. The molecule has 0 saturated carbocycles. The summed E-state index contributed by atoms with van der Waals surface area (Å²) >= 11 is 0. The monoisotopic (exact) mass is 225 g/mol. The molecule has 7 heteroatoms. The second-order valence-electron chi connectivity index (χ2n) is 3.07. The first-order valence-electron chi connectivity index (χ1n) is 4.63. The van der Waals surface area contributed by atoms with Crippen molar-refractivity contribution in [1.29, 1.82) is 0 Å². The molecule has 0 aliphatic heterocycles. The molecular weight excluding hydrogens is 214 g/mol. The zero-order chi connectivity index (χ0) is 12.1. The highest BCUT2D eigenvalue weighted by Crippen LogP contribution is 1.94. The molecule has 1 atom stereocenters. The Bertz CT molecular complexity index is 434. The number of aromatic nitrogens is 2. The fourth-order valence-corrected chi connectivity index (χ4v) is 1.04. The quantitative estimate of drug-likeness (QED) is 0.631. The summed E-state index contributed by atoms with van der Waals surface area (Å²) in [4.78, 5) is 38.7. The van der Waals surface area contributed by atoms with Crippen molar-refractivity contribution in [3.8, 4) is 0 Å². The number of rotatable bonds is 4. The molecule has 1 amide bonds. The van der Waals surface area contributed by atoms with Crippen molar-refractivity contribution in [3.05, 3.63) is 28.4 Å². The Labute approximate surface area is 90.5 Å². The first-order chi connectivity index (χ1) is 7.54. The van der Waals surface area contributed by atoms with Gasteiger partial charge in [0.25, 0.3) is 11.5 Å². The molecule has 86 valence electrons. The van der Waals surface area contributed by atoms with Crippen molar-refractivity contribution >= 4 is 11.9 Å². The largest absolute Gasteiger partial charge is 0.480 e. The van der Waals surface area contributed by atoms with Crippen molar-refractivity contribution in [3.63, 3.8) is 0 Å². The Morgan fingerprint density at radius 3 is 2.75 bits per heavy atom. The summed E-state index contributed by atoms with van der Waals surface area (Å²) < 4.78 is 0. The normalized spacial score (nSPS) is 11.8. The van der Waals surface area contributed by atoms with Crippen LogP contribution in [0.15, 0.2) is 17.2 Å². The Morgan fingerprint density at radius 1 is 1.62 bits per heavy atom. The minimum absolute atomic E-state index is 0.0284. The number of carbonyl (C=O) groups is 2. The molecule has 0 bridgehead atoms. The molecule has 0 aromatic carbocycles. The zero-order valence-corrected chi connectivity index (χ0v) is 8.56. The molecule has 16 heavy (non-hydrogen) atoms. The number of hydrogen-bond acceptors (Lipinski definition) is 4. The third-order valence-corrected chi connectivity index (χ3v) is 1.92. The summed E-state index contributed by atoms with van der Waals surface area (Å²) in [5.74, 6) is -1.74. The minimum atomic E-state index is -1.11. The van der Waals surface area contributed by atoms with Crippen LogP contribution < -0.4 is 10.9 Å². The molecule has 1 rings (SSSR count). The Hall–Kier alpha value is -2.18. The number of carbonyl (C=O) groups excluding carboxylic acids is 1. The van der Waals surface area contributed by atoms with Crippen molar-refractivity contribution in [2.75, 3.05) is 0 Å². The predicted molar refractivity (Wildman–Crippen MR) is 54.0 cm³/mol. The lowest BCUT2D eigenvalue weighted by Gasteiger charge is -2.11. The summed E-state index contributed by atoms with van der Waals surface area (Å²) in [6.45, 7) is 1.64. The maximum atomic E-state index is 11.5. The van der Waals surface area contributed by atoms with E-state index in [2.05, 4.69) is 15.3 Å². The maximum Gasteiger partial charge on any atom is 0.326 e. The number of aliphatic carboxylic acids is 1. The lowest BCUT2D eigenvalue weighted by Crippen LogP contribution is -2.40. The minimum Gasteiger partial charge on any atom is -0.480 e. The zero-order valence-electron chi connectivity index (χ0n) is 8.56. The van der Waals surface area contributed by atoms with E-state index in [4.69, 9.17) is 5.11 Å². The number of carboxylic acid groups (broad SMARTS) is 1. The average molecular weight is 225 g/mol. The number of nitrogens with one attached hydrogen (secondary N) is 2. The van der Waals surface area contributed by atoms with Gasteiger partial charge in [0.05, 0.1) is 6.20 Å². The smallest absolute Gasteiger partial charge is 0.326 e. The van der Waals surface area contributed by atoms with Gasteiger partial charge in [0.2, 0.25) is 0 Å². The maximum absolute atomic E-state index is 11.5. The van der Waals surface area contributed by atoms with Gasteiger partial charge in [-0.2, -0.15) is 0 Å². The molecule has 3 N–H and O–H groups in total. The SMILES string of the molecule is CC[C@@H](NC(=O)c1c[nH]c(=O)cn1)C(=O)O. The van der Waals surface area contributed by atoms with Gasteiger partial charge >= 0.3 is 5.97 Å². The molecule has 1 aromatic heterocycles. The van der Waals surface area contributed by atoms with Crippen LogP contribution in [0.25, 0.3) is 0 Å². The summed E-state index contributed by atoms with van der Waals surface area (Å²) in [5, 5.41) is 11.0. The van der Waals surface area contributed by atoms with Gasteiger partial charge in [0.1, 0.15) is 11.7 Å². The molecule has 1 aromatic rings. The number of hydrogen-bond donors (Lipinski definition) is 3. The van der Waals surface area contributed by atoms with Crippen LogP contribution in [-0.4, -0.2) is 33.0 Å². The van der Waals surface area contributed by atoms with Crippen LogP contribution in [0.4, 0.5) is 0 Å². The van der Waals surface area contributed by atoms with E-state index in [1.807, 2.05) is 0 Å². The summed E-state index contributed by atoms with van der Waals surface area (Å²) in [6, 6.07) is -0.957. The lowest BCUT2D eigenvalue weighted by molar-refractivity contribution is -0.139. The molecule has 1 heterocycles. The molecule has 0 radical (unpaired) electrons. The van der Waals surface area contributed by atoms with E-state index < -0.39 is 23.5 Å². The number of H-pyrrole nitrogens is 1. The average Bonchev–Trinajstić information content (AvgIpc) is 2.26. The van der Waals surface area contributed by atoms with Crippen LogP contribution in [0, 0.1) is 0 Å². The van der Waals surface area contributed by atoms with Gasteiger partial charge in [-0.05, 0) is 6.42 Å². The second-order valence-corrected chi connectivity index (χ2v) is 3.07. The number of carboxylic acids is 1. The van der Waals surface area contributed by atoms with Gasteiger partial charge in [0, 0.05) is 6.20 Å². The van der Waals surface area contributed by atoms with Crippen molar-refractivity contribution in [2.24, 2.45) is 0 Å². The highest BCUT2D eigenvalue weighted by Gasteiger charge is 2.18. The Morgan fingerprint density at radius 2 is 2.31 bits per heavy atom. The van der Waals surface area contributed by atoms with Gasteiger partial charge in [-0.25, -0.2) is 9.78 Å². The van der Waals surface area contributed by atoms with E-state index in [0.29, 0.717) is 0 Å². The number of amides is 1. The standard InChI is InChI=1S/C9H11N3O4/c1-2-5(9(15)16)12-8(14)6-3-11-7(13)4-10-6/h3-5H,2H2,1H3,(H,11,13)(H,12,14)(H,15,16)/t5-/m1/s1. The molecule has 0 aliphatic rings. The third-order valence-electron chi connectivity index (χ3n) is 1.92. The Kier molecular flexibility index (Phi) is 3.76. The van der Waals surface area contributed by atoms with E-state index in [-0.39, 0.29) is 12.1 Å². The highest BCUT2D eigenvalue weighted by molar-refractivity contribution is 5.94. The molecule has 0 spiro atoms. The number of nitrogens with zero attached hydrogens (tertiary/aromatic N) is 1. The predicted octanol–water partition coefficient (Wildman–Crippen LogP) is -0.637. The van der Waals surface area contributed by atoms with Crippen LogP contribution >= 0.6 is 0 Å². The molecule has 0 unspecified atom stereocenters. The summed E-state index contributed by atoms with van der Waals surface area (Å²) in [6.07, 6.45) is 2.35. The molecule has 0 fully saturated rings. The van der Waals surface area contributed by atoms with Crippen molar-refractivity contribution in [1.82, 2.24) is 15.3 Å². The van der Waals surface area contributed by atoms with Crippen LogP contribution in [0.3, 0.4) is 0 Å². The van der Waals surface area contributed by atoms with Crippen LogP contribution in [0.1, 0.15) is 23.8 Å². The fourth-order valence-electron chi connectivity index (χ4n) is 1.04. The van der Waals surface area contributed by atoms with Crippen molar-refractivity contribution in [2.45, 2.75) is 19.4 Å². The van der Waals surface area contributed by atoms with Gasteiger partial charge < -0.3 is 15.4 Å². The van der Waals surface area contributed by atoms with E-state index in [1.165, 1.54) is 0 Å².